The van der Waals surface area contributed by atoms with Gasteiger partial charge < -0.3 is 9.05 Å². The molecule has 35 heavy (non-hydrogen) atoms. The first-order valence-electron chi connectivity index (χ1n) is 11.4. The maximum atomic E-state index is 14.1. The van der Waals surface area contributed by atoms with Gasteiger partial charge in [-0.15, -0.1) is 0 Å². The zero-order valence-electron chi connectivity index (χ0n) is 19.3. The number of hydrogen-bond donors (Lipinski definition) is 0. The van der Waals surface area contributed by atoms with Gasteiger partial charge in [-0.05, 0) is 22.3 Å². The van der Waals surface area contributed by atoms with Crippen molar-refractivity contribution >= 4 is 15.2 Å². The lowest BCUT2D eigenvalue weighted by Gasteiger charge is -2.25. The molecule has 0 saturated carbocycles. The van der Waals surface area contributed by atoms with Gasteiger partial charge in [0.15, 0.2) is 0 Å². The van der Waals surface area contributed by atoms with Crippen LogP contribution in [0.25, 0.3) is 0 Å². The van der Waals surface area contributed by atoms with E-state index < -0.39 is 15.2 Å². The second-order valence-electron chi connectivity index (χ2n) is 8.11. The van der Waals surface area contributed by atoms with Crippen molar-refractivity contribution in [1.82, 2.24) is 0 Å². The Hall–Kier alpha value is -2.78. The summed E-state index contributed by atoms with van der Waals surface area (Å²) in [7, 11) is -7.75. The summed E-state index contributed by atoms with van der Waals surface area (Å²) in [6.07, 6.45) is -0.0394. The first-order chi connectivity index (χ1) is 17.0. The van der Waals surface area contributed by atoms with Gasteiger partial charge in [-0.1, -0.05) is 121 Å². The minimum atomic E-state index is -3.87. The van der Waals surface area contributed by atoms with Crippen LogP contribution in [-0.2, 0) is 48.0 Å². The van der Waals surface area contributed by atoms with Gasteiger partial charge in [-0.2, -0.15) is 0 Å². The van der Waals surface area contributed by atoms with E-state index >= 15 is 0 Å². The standard InChI is InChI=1S/C28H28O5P2/c29-34(23-27-17-9-3-10-18-27,31-21-25-13-5-1-6-14-25)33-35(30,24-28-19-11-4-12-20-28)32-22-26-15-7-2-8-16-26/h1-20H,21-24H2. The summed E-state index contributed by atoms with van der Waals surface area (Å²) >= 11 is 0. The van der Waals surface area contributed by atoms with Gasteiger partial charge in [0.2, 0.25) is 0 Å². The fourth-order valence-electron chi connectivity index (χ4n) is 3.49. The molecule has 2 atom stereocenters. The largest absolute Gasteiger partial charge is 0.342 e. The highest BCUT2D eigenvalue weighted by molar-refractivity contribution is 7.66. The van der Waals surface area contributed by atoms with E-state index in [4.69, 9.17) is 13.4 Å². The van der Waals surface area contributed by atoms with E-state index in [0.29, 0.717) is 0 Å². The van der Waals surface area contributed by atoms with Gasteiger partial charge >= 0.3 is 15.2 Å². The average molecular weight is 506 g/mol. The molecule has 0 spiro atoms. The average Bonchev–Trinajstić information content (AvgIpc) is 2.89. The third-order valence-electron chi connectivity index (χ3n) is 5.23. The molecule has 7 heteroatoms. The lowest BCUT2D eigenvalue weighted by atomic mass is 10.2. The van der Waals surface area contributed by atoms with Crippen molar-refractivity contribution in [2.45, 2.75) is 25.5 Å². The smallest absolute Gasteiger partial charge is 0.303 e. The van der Waals surface area contributed by atoms with Gasteiger partial charge in [0.1, 0.15) is 0 Å². The van der Waals surface area contributed by atoms with Crippen LogP contribution in [-0.4, -0.2) is 0 Å². The minimum absolute atomic E-state index is 0.0197. The van der Waals surface area contributed by atoms with Crippen LogP contribution in [0.15, 0.2) is 121 Å². The number of hydrogen-bond acceptors (Lipinski definition) is 5. The number of rotatable bonds is 12. The van der Waals surface area contributed by atoms with Gasteiger partial charge in [0.05, 0.1) is 25.5 Å². The first kappa shape index (κ1) is 25.3. The van der Waals surface area contributed by atoms with Crippen molar-refractivity contribution in [3.8, 4) is 0 Å². The van der Waals surface area contributed by atoms with Crippen LogP contribution < -0.4 is 0 Å². The summed E-state index contributed by atoms with van der Waals surface area (Å²) in [5, 5.41) is 0. The third-order valence-corrected chi connectivity index (χ3v) is 9.77. The second kappa shape index (κ2) is 12.3. The molecule has 0 amide bonds. The van der Waals surface area contributed by atoms with Crippen molar-refractivity contribution in [1.29, 1.82) is 0 Å². The maximum Gasteiger partial charge on any atom is 0.342 e. The molecule has 0 N–H and O–H groups in total. The zero-order valence-corrected chi connectivity index (χ0v) is 21.1. The molecule has 0 saturated heterocycles. The van der Waals surface area contributed by atoms with E-state index in [9.17, 15) is 9.13 Å². The van der Waals surface area contributed by atoms with Crippen LogP contribution >= 0.6 is 15.2 Å². The molecule has 0 bridgehead atoms. The van der Waals surface area contributed by atoms with Crippen LogP contribution in [0.3, 0.4) is 0 Å². The molecule has 0 aliphatic rings. The molecule has 180 valence electrons. The van der Waals surface area contributed by atoms with Crippen LogP contribution in [0.2, 0.25) is 0 Å². The van der Waals surface area contributed by atoms with E-state index in [2.05, 4.69) is 0 Å². The minimum Gasteiger partial charge on any atom is -0.303 e. The quantitative estimate of drug-likeness (QED) is 0.181. The maximum absolute atomic E-state index is 14.1. The van der Waals surface area contributed by atoms with Crippen LogP contribution in [0, 0.1) is 0 Å². The number of benzene rings is 4. The molecule has 0 fully saturated rings. The summed E-state index contributed by atoms with van der Waals surface area (Å²) in [6, 6.07) is 37.4. The molecular formula is C28H28O5P2. The molecule has 4 aromatic carbocycles. The summed E-state index contributed by atoms with van der Waals surface area (Å²) in [6.45, 7) is 0.129. The van der Waals surface area contributed by atoms with Gasteiger partial charge in [-0.3, -0.25) is 9.13 Å². The van der Waals surface area contributed by atoms with Crippen LogP contribution in [0.4, 0.5) is 0 Å². The van der Waals surface area contributed by atoms with Crippen molar-refractivity contribution in [3.63, 3.8) is 0 Å². The van der Waals surface area contributed by atoms with E-state index in [1.165, 1.54) is 0 Å². The summed E-state index contributed by atoms with van der Waals surface area (Å²) in [5.41, 5.74) is 3.20. The highest BCUT2D eigenvalue weighted by atomic mass is 31.3. The Bertz CT molecular complexity index is 1170. The first-order valence-corrected chi connectivity index (χ1v) is 14.8. The van der Waals surface area contributed by atoms with Crippen molar-refractivity contribution in [2.75, 3.05) is 0 Å². The van der Waals surface area contributed by atoms with E-state index in [-0.39, 0.29) is 25.5 Å². The summed E-state index contributed by atoms with van der Waals surface area (Å²) < 4.78 is 45.9. The van der Waals surface area contributed by atoms with Crippen molar-refractivity contribution in [3.05, 3.63) is 144 Å². The third kappa shape index (κ3) is 8.14. The topological polar surface area (TPSA) is 61.8 Å². The SMILES string of the molecule is O=P(Cc1ccccc1)(OCc1ccccc1)OP(=O)(Cc1ccccc1)OCc1ccccc1. The van der Waals surface area contributed by atoms with Crippen LogP contribution in [0.1, 0.15) is 22.3 Å². The molecule has 2 unspecified atom stereocenters. The Morgan fingerprint density at radius 3 is 1.03 bits per heavy atom. The zero-order chi connectivity index (χ0) is 24.4. The van der Waals surface area contributed by atoms with E-state index in [0.717, 1.165) is 22.3 Å². The van der Waals surface area contributed by atoms with Gasteiger partial charge in [0, 0.05) is 0 Å². The predicted molar refractivity (Wildman–Crippen MR) is 139 cm³/mol. The Labute approximate surface area is 206 Å². The Kier molecular flexibility index (Phi) is 8.87. The van der Waals surface area contributed by atoms with Crippen LogP contribution in [0.5, 0.6) is 0 Å². The van der Waals surface area contributed by atoms with E-state index in [1.54, 1.807) is 0 Å². The summed E-state index contributed by atoms with van der Waals surface area (Å²) in [4.78, 5) is 0. The van der Waals surface area contributed by atoms with E-state index in [1.807, 2.05) is 121 Å². The monoisotopic (exact) mass is 506 g/mol. The Balaban J connectivity index is 1.60. The molecule has 0 aliphatic heterocycles. The Morgan fingerprint density at radius 1 is 0.429 bits per heavy atom. The predicted octanol–water partition coefficient (Wildman–Crippen LogP) is 8.22. The molecule has 0 radical (unpaired) electrons. The molecule has 0 aromatic heterocycles. The summed E-state index contributed by atoms with van der Waals surface area (Å²) in [5.74, 6) is 0. The van der Waals surface area contributed by atoms with Crippen molar-refractivity contribution < 1.29 is 22.5 Å². The molecule has 4 aromatic rings. The molecule has 5 nitrogen and oxygen atoms in total. The van der Waals surface area contributed by atoms with Crippen molar-refractivity contribution in [2.24, 2.45) is 0 Å². The lowest BCUT2D eigenvalue weighted by molar-refractivity contribution is 0.215. The Morgan fingerprint density at radius 2 is 0.714 bits per heavy atom. The molecule has 4 rings (SSSR count). The molecular weight excluding hydrogens is 478 g/mol. The fourth-order valence-corrected chi connectivity index (χ4v) is 8.04. The second-order valence-corrected chi connectivity index (χ2v) is 12.4. The van der Waals surface area contributed by atoms with Gasteiger partial charge in [-0.25, -0.2) is 4.31 Å². The molecule has 0 aliphatic carbocycles. The van der Waals surface area contributed by atoms with Gasteiger partial charge in [0.25, 0.3) is 0 Å². The normalized spacial score (nSPS) is 14.6. The highest BCUT2D eigenvalue weighted by Gasteiger charge is 2.38. The fraction of sp³-hybridized carbons (Fsp3) is 0.143. The lowest BCUT2D eigenvalue weighted by Crippen LogP contribution is -2.04. The highest BCUT2D eigenvalue weighted by Crippen LogP contribution is 2.68. The molecule has 0 heterocycles.